The lowest BCUT2D eigenvalue weighted by Gasteiger charge is -2.15. The average molecular weight is 212 g/mol. The van der Waals surface area contributed by atoms with Gasteiger partial charge in [0.1, 0.15) is 5.15 Å². The molecule has 1 aromatic rings. The van der Waals surface area contributed by atoms with Gasteiger partial charge in [-0.25, -0.2) is 4.98 Å². The fourth-order valence-corrected chi connectivity index (χ4v) is 2.01. The van der Waals surface area contributed by atoms with Crippen molar-refractivity contribution in [2.45, 2.75) is 31.7 Å². The second-order valence-corrected chi connectivity index (χ2v) is 4.11. The van der Waals surface area contributed by atoms with E-state index in [0.29, 0.717) is 16.9 Å². The van der Waals surface area contributed by atoms with E-state index < -0.39 is 0 Å². The van der Waals surface area contributed by atoms with Crippen molar-refractivity contribution in [2.24, 2.45) is 0 Å². The number of anilines is 2. The standard InChI is InChI=1S/C10H14ClN3/c11-10-5-9(8(12)6-13-10)14-7-3-1-2-4-7/h5-7H,1-4,12H2,(H,13,14). The fourth-order valence-electron chi connectivity index (χ4n) is 1.86. The maximum Gasteiger partial charge on any atom is 0.131 e. The van der Waals surface area contributed by atoms with Crippen LogP contribution in [0.15, 0.2) is 12.3 Å². The number of nitrogens with one attached hydrogen (secondary N) is 1. The first-order valence-electron chi connectivity index (χ1n) is 4.93. The zero-order valence-electron chi connectivity index (χ0n) is 7.96. The van der Waals surface area contributed by atoms with Gasteiger partial charge in [-0.05, 0) is 12.8 Å². The third-order valence-corrected chi connectivity index (χ3v) is 2.82. The molecule has 1 saturated carbocycles. The van der Waals surface area contributed by atoms with Gasteiger partial charge in [0.2, 0.25) is 0 Å². The number of pyridine rings is 1. The number of halogens is 1. The highest BCUT2D eigenvalue weighted by molar-refractivity contribution is 6.29. The molecule has 2 rings (SSSR count). The van der Waals surface area contributed by atoms with Crippen LogP contribution in [0.3, 0.4) is 0 Å². The van der Waals surface area contributed by atoms with Crippen LogP contribution >= 0.6 is 11.6 Å². The number of rotatable bonds is 2. The second kappa shape index (κ2) is 4.05. The van der Waals surface area contributed by atoms with Gasteiger partial charge in [0.05, 0.1) is 17.6 Å². The van der Waals surface area contributed by atoms with E-state index in [9.17, 15) is 0 Å². The van der Waals surface area contributed by atoms with Gasteiger partial charge in [-0.15, -0.1) is 0 Å². The molecule has 76 valence electrons. The highest BCUT2D eigenvalue weighted by Gasteiger charge is 2.15. The van der Waals surface area contributed by atoms with Crippen molar-refractivity contribution in [2.75, 3.05) is 11.1 Å². The molecule has 0 spiro atoms. The van der Waals surface area contributed by atoms with Crippen LogP contribution in [0.5, 0.6) is 0 Å². The number of hydrogen-bond acceptors (Lipinski definition) is 3. The molecule has 3 nitrogen and oxygen atoms in total. The first kappa shape index (κ1) is 9.59. The monoisotopic (exact) mass is 211 g/mol. The highest BCUT2D eigenvalue weighted by Crippen LogP contribution is 2.26. The Bertz CT molecular complexity index is 321. The molecular formula is C10H14ClN3. The van der Waals surface area contributed by atoms with E-state index in [2.05, 4.69) is 10.3 Å². The van der Waals surface area contributed by atoms with Crippen molar-refractivity contribution in [3.63, 3.8) is 0 Å². The molecule has 3 N–H and O–H groups in total. The third-order valence-electron chi connectivity index (χ3n) is 2.62. The zero-order valence-corrected chi connectivity index (χ0v) is 8.72. The molecule has 0 radical (unpaired) electrons. The molecule has 0 aliphatic heterocycles. The Morgan fingerprint density at radius 2 is 2.14 bits per heavy atom. The van der Waals surface area contributed by atoms with Crippen molar-refractivity contribution >= 4 is 23.0 Å². The first-order valence-corrected chi connectivity index (χ1v) is 5.31. The van der Waals surface area contributed by atoms with Gasteiger partial charge in [-0.3, -0.25) is 0 Å². The van der Waals surface area contributed by atoms with Crippen LogP contribution in [0, 0.1) is 0 Å². The number of nitrogens with two attached hydrogens (primary N) is 1. The molecule has 0 amide bonds. The lowest BCUT2D eigenvalue weighted by Crippen LogP contribution is -2.15. The second-order valence-electron chi connectivity index (χ2n) is 3.72. The SMILES string of the molecule is Nc1cnc(Cl)cc1NC1CCCC1. The van der Waals surface area contributed by atoms with Gasteiger partial charge in [0.25, 0.3) is 0 Å². The van der Waals surface area contributed by atoms with Gasteiger partial charge >= 0.3 is 0 Å². The molecule has 4 heteroatoms. The molecule has 0 aromatic carbocycles. The largest absolute Gasteiger partial charge is 0.396 e. The van der Waals surface area contributed by atoms with Crippen molar-refractivity contribution in [3.05, 3.63) is 17.4 Å². The van der Waals surface area contributed by atoms with E-state index >= 15 is 0 Å². The minimum atomic E-state index is 0.486. The maximum absolute atomic E-state index is 5.80. The summed E-state index contributed by atoms with van der Waals surface area (Å²) in [5, 5.41) is 3.89. The van der Waals surface area contributed by atoms with Crippen LogP contribution in [0.1, 0.15) is 25.7 Å². The molecule has 0 atom stereocenters. The smallest absolute Gasteiger partial charge is 0.131 e. The van der Waals surface area contributed by atoms with Gasteiger partial charge < -0.3 is 11.1 Å². The summed E-state index contributed by atoms with van der Waals surface area (Å²) in [6.07, 6.45) is 6.64. The van der Waals surface area contributed by atoms with Crippen LogP contribution in [0.4, 0.5) is 11.4 Å². The van der Waals surface area contributed by atoms with E-state index in [-0.39, 0.29) is 0 Å². The fraction of sp³-hybridized carbons (Fsp3) is 0.500. The molecule has 0 unspecified atom stereocenters. The van der Waals surface area contributed by atoms with Crippen molar-refractivity contribution in [1.82, 2.24) is 4.98 Å². The summed E-state index contributed by atoms with van der Waals surface area (Å²) in [6.45, 7) is 0. The van der Waals surface area contributed by atoms with Gasteiger partial charge in [-0.2, -0.15) is 0 Å². The number of nitrogens with zero attached hydrogens (tertiary/aromatic N) is 1. The summed E-state index contributed by atoms with van der Waals surface area (Å²) in [5.41, 5.74) is 7.37. The molecule has 14 heavy (non-hydrogen) atoms. The van der Waals surface area contributed by atoms with Gasteiger partial charge in [0, 0.05) is 12.1 Å². The summed E-state index contributed by atoms with van der Waals surface area (Å²) in [5.74, 6) is 0. The van der Waals surface area contributed by atoms with Crippen molar-refractivity contribution < 1.29 is 0 Å². The Morgan fingerprint density at radius 1 is 1.43 bits per heavy atom. The Morgan fingerprint density at radius 3 is 2.86 bits per heavy atom. The molecule has 1 aromatic heterocycles. The summed E-state index contributed by atoms with van der Waals surface area (Å²) in [4.78, 5) is 3.91. The molecule has 0 saturated heterocycles. The molecule has 1 aliphatic carbocycles. The molecule has 1 heterocycles. The third kappa shape index (κ3) is 2.10. The lowest BCUT2D eigenvalue weighted by atomic mass is 10.2. The zero-order chi connectivity index (χ0) is 9.97. The highest BCUT2D eigenvalue weighted by atomic mass is 35.5. The minimum Gasteiger partial charge on any atom is -0.396 e. The minimum absolute atomic E-state index is 0.486. The molecule has 0 bridgehead atoms. The Hall–Kier alpha value is -0.960. The predicted molar refractivity (Wildman–Crippen MR) is 59.5 cm³/mol. The van der Waals surface area contributed by atoms with Crippen LogP contribution in [-0.2, 0) is 0 Å². The summed E-state index contributed by atoms with van der Waals surface area (Å²) < 4.78 is 0. The molecule has 1 aliphatic rings. The molecular weight excluding hydrogens is 198 g/mol. The average Bonchev–Trinajstić information content (AvgIpc) is 2.64. The normalized spacial score (nSPS) is 17.2. The van der Waals surface area contributed by atoms with Gasteiger partial charge in [0.15, 0.2) is 0 Å². The first-order chi connectivity index (χ1) is 6.75. The Balaban J connectivity index is 2.10. The number of aromatic nitrogens is 1. The lowest BCUT2D eigenvalue weighted by molar-refractivity contribution is 0.756. The van der Waals surface area contributed by atoms with Crippen LogP contribution in [0.2, 0.25) is 5.15 Å². The van der Waals surface area contributed by atoms with Crippen molar-refractivity contribution in [1.29, 1.82) is 0 Å². The van der Waals surface area contributed by atoms with Gasteiger partial charge in [-0.1, -0.05) is 24.4 Å². The van der Waals surface area contributed by atoms with Crippen LogP contribution < -0.4 is 11.1 Å². The quantitative estimate of drug-likeness (QED) is 0.740. The summed E-state index contributed by atoms with van der Waals surface area (Å²) in [7, 11) is 0. The van der Waals surface area contributed by atoms with E-state index in [4.69, 9.17) is 17.3 Å². The number of hydrogen-bond donors (Lipinski definition) is 2. The van der Waals surface area contributed by atoms with E-state index in [1.807, 2.05) is 0 Å². The van der Waals surface area contributed by atoms with Crippen molar-refractivity contribution in [3.8, 4) is 0 Å². The Kier molecular flexibility index (Phi) is 2.77. The number of nitrogen functional groups attached to an aromatic ring is 1. The maximum atomic E-state index is 5.80. The van der Waals surface area contributed by atoms with E-state index in [1.54, 1.807) is 12.3 Å². The van der Waals surface area contributed by atoms with Crippen LogP contribution in [0.25, 0.3) is 0 Å². The van der Waals surface area contributed by atoms with E-state index in [1.165, 1.54) is 25.7 Å². The molecule has 1 fully saturated rings. The summed E-state index contributed by atoms with van der Waals surface area (Å²) >= 11 is 5.80. The topological polar surface area (TPSA) is 50.9 Å². The van der Waals surface area contributed by atoms with Crippen LogP contribution in [-0.4, -0.2) is 11.0 Å². The summed E-state index contributed by atoms with van der Waals surface area (Å²) in [6, 6.07) is 2.34. The van der Waals surface area contributed by atoms with E-state index in [0.717, 1.165) is 5.69 Å². The predicted octanol–water partition coefficient (Wildman–Crippen LogP) is 2.67. The Labute approximate surface area is 88.7 Å².